The fraction of sp³-hybridized carbons (Fsp3) is 0.133. The Labute approximate surface area is 121 Å². The summed E-state index contributed by atoms with van der Waals surface area (Å²) in [6, 6.07) is 11.3. The summed E-state index contributed by atoms with van der Waals surface area (Å²) >= 11 is 0. The van der Waals surface area contributed by atoms with Crippen LogP contribution in [0.4, 0.5) is 11.6 Å². The molecule has 0 unspecified atom stereocenters. The predicted octanol–water partition coefficient (Wildman–Crippen LogP) is 3.13. The van der Waals surface area contributed by atoms with Gasteiger partial charge in [-0.1, -0.05) is 18.2 Å². The monoisotopic (exact) mass is 282 g/mol. The van der Waals surface area contributed by atoms with Crippen LogP contribution in [0.2, 0.25) is 0 Å². The average molecular weight is 282 g/mol. The van der Waals surface area contributed by atoms with E-state index in [1.165, 1.54) is 0 Å². The van der Waals surface area contributed by atoms with Crippen molar-refractivity contribution in [3.8, 4) is 5.69 Å². The van der Waals surface area contributed by atoms with Gasteiger partial charge in [0.2, 0.25) is 5.95 Å². The number of imidazole rings is 1. The van der Waals surface area contributed by atoms with E-state index in [4.69, 9.17) is 5.73 Å². The van der Waals surface area contributed by atoms with Gasteiger partial charge in [-0.3, -0.25) is 14.7 Å². The minimum Gasteiger partial charge on any atom is -0.369 e. The molecule has 2 aromatic carbocycles. The Balaban J connectivity index is 2.40. The smallest absolute Gasteiger partial charge is 0.277 e. The molecular weight excluding hydrogens is 268 g/mol. The highest BCUT2D eigenvalue weighted by atomic mass is 16.6. The van der Waals surface area contributed by atoms with E-state index in [-0.39, 0.29) is 10.6 Å². The van der Waals surface area contributed by atoms with Gasteiger partial charge in [0.25, 0.3) is 5.69 Å². The minimum atomic E-state index is -0.373. The molecule has 0 amide bonds. The number of anilines is 1. The van der Waals surface area contributed by atoms with Gasteiger partial charge in [-0.2, -0.15) is 0 Å². The number of aromatic nitrogens is 2. The number of fused-ring (bicyclic) bond motifs is 1. The van der Waals surface area contributed by atoms with Crippen LogP contribution in [0.15, 0.2) is 36.4 Å². The van der Waals surface area contributed by atoms with E-state index < -0.39 is 0 Å². The van der Waals surface area contributed by atoms with Crippen LogP contribution in [0.1, 0.15) is 11.1 Å². The molecule has 6 heteroatoms. The molecule has 0 saturated heterocycles. The highest BCUT2D eigenvalue weighted by Crippen LogP contribution is 2.33. The number of nitrogens with zero attached hydrogens (tertiary/aromatic N) is 3. The van der Waals surface area contributed by atoms with Crippen molar-refractivity contribution in [1.29, 1.82) is 0 Å². The Bertz CT molecular complexity index is 853. The third-order valence-corrected chi connectivity index (χ3v) is 3.57. The van der Waals surface area contributed by atoms with Crippen molar-refractivity contribution >= 4 is 22.7 Å². The number of aryl methyl sites for hydroxylation is 2. The first-order valence-corrected chi connectivity index (χ1v) is 6.48. The molecule has 0 aliphatic rings. The molecule has 1 heterocycles. The number of nitro groups is 1. The van der Waals surface area contributed by atoms with Gasteiger partial charge in [0.1, 0.15) is 5.52 Å². The van der Waals surface area contributed by atoms with Crippen LogP contribution in [0.5, 0.6) is 0 Å². The number of hydrogen-bond acceptors (Lipinski definition) is 4. The summed E-state index contributed by atoms with van der Waals surface area (Å²) in [5, 5.41) is 11.2. The van der Waals surface area contributed by atoms with Crippen molar-refractivity contribution in [3.63, 3.8) is 0 Å². The Morgan fingerprint density at radius 1 is 1.24 bits per heavy atom. The average Bonchev–Trinajstić information content (AvgIpc) is 2.76. The summed E-state index contributed by atoms with van der Waals surface area (Å²) < 4.78 is 1.80. The lowest BCUT2D eigenvalue weighted by Gasteiger charge is -2.07. The van der Waals surface area contributed by atoms with Crippen molar-refractivity contribution in [2.24, 2.45) is 0 Å². The minimum absolute atomic E-state index is 0.0974. The summed E-state index contributed by atoms with van der Waals surface area (Å²) in [5.74, 6) is 0.319. The van der Waals surface area contributed by atoms with Crippen LogP contribution in [0.25, 0.3) is 16.7 Å². The number of para-hydroxylation sites is 1. The van der Waals surface area contributed by atoms with Crippen LogP contribution in [0, 0.1) is 24.0 Å². The third-order valence-electron chi connectivity index (χ3n) is 3.57. The van der Waals surface area contributed by atoms with Crippen LogP contribution in [-0.2, 0) is 0 Å². The summed E-state index contributed by atoms with van der Waals surface area (Å²) in [5.41, 5.74) is 9.47. The molecule has 3 rings (SSSR count). The zero-order chi connectivity index (χ0) is 15.1. The molecule has 0 atom stereocenters. The number of rotatable bonds is 2. The van der Waals surface area contributed by atoms with Gasteiger partial charge >= 0.3 is 0 Å². The van der Waals surface area contributed by atoms with Crippen molar-refractivity contribution in [2.45, 2.75) is 13.8 Å². The van der Waals surface area contributed by atoms with Crippen LogP contribution < -0.4 is 5.73 Å². The number of nitrogen functional groups attached to an aromatic ring is 1. The zero-order valence-electron chi connectivity index (χ0n) is 11.7. The van der Waals surface area contributed by atoms with E-state index >= 15 is 0 Å². The Hall–Kier alpha value is -2.89. The molecule has 106 valence electrons. The molecule has 0 radical (unpaired) electrons. The van der Waals surface area contributed by atoms with Gasteiger partial charge < -0.3 is 5.73 Å². The first kappa shape index (κ1) is 13.1. The largest absolute Gasteiger partial charge is 0.369 e. The van der Waals surface area contributed by atoms with Crippen molar-refractivity contribution in [3.05, 3.63) is 57.6 Å². The lowest BCUT2D eigenvalue weighted by molar-refractivity contribution is -0.385. The Morgan fingerprint density at radius 3 is 2.52 bits per heavy atom. The van der Waals surface area contributed by atoms with Gasteiger partial charge in [-0.05, 0) is 32.0 Å². The topological polar surface area (TPSA) is 87.0 Å². The molecule has 21 heavy (non-hydrogen) atoms. The fourth-order valence-corrected chi connectivity index (χ4v) is 2.67. The maximum Gasteiger partial charge on any atom is 0.277 e. The highest BCUT2D eigenvalue weighted by molar-refractivity contribution is 5.88. The summed E-state index contributed by atoms with van der Waals surface area (Å²) in [6.45, 7) is 3.43. The van der Waals surface area contributed by atoms with E-state index in [0.717, 1.165) is 11.2 Å². The number of nitro benzene ring substituents is 1. The van der Waals surface area contributed by atoms with Gasteiger partial charge in [-0.25, -0.2) is 4.98 Å². The molecule has 3 aromatic rings. The maximum atomic E-state index is 11.2. The van der Waals surface area contributed by atoms with Gasteiger partial charge in [0.15, 0.2) is 0 Å². The first-order valence-electron chi connectivity index (χ1n) is 6.48. The second-order valence-electron chi connectivity index (χ2n) is 4.93. The lowest BCUT2D eigenvalue weighted by Crippen LogP contribution is -2.00. The van der Waals surface area contributed by atoms with Crippen molar-refractivity contribution in [1.82, 2.24) is 9.55 Å². The van der Waals surface area contributed by atoms with Crippen LogP contribution in [-0.4, -0.2) is 14.5 Å². The molecule has 1 aromatic heterocycles. The molecule has 0 spiro atoms. The molecular formula is C15H14N4O2. The number of benzene rings is 2. The van der Waals surface area contributed by atoms with Crippen molar-refractivity contribution in [2.75, 3.05) is 5.73 Å². The predicted molar refractivity (Wildman–Crippen MR) is 81.6 cm³/mol. The molecule has 0 bridgehead atoms. The highest BCUT2D eigenvalue weighted by Gasteiger charge is 2.22. The quantitative estimate of drug-likeness (QED) is 0.577. The zero-order valence-corrected chi connectivity index (χ0v) is 11.7. The number of hydrogen-bond donors (Lipinski definition) is 1. The van der Waals surface area contributed by atoms with Gasteiger partial charge in [-0.15, -0.1) is 0 Å². The molecule has 6 nitrogen and oxygen atoms in total. The summed E-state index contributed by atoms with van der Waals surface area (Å²) in [6.07, 6.45) is 0. The van der Waals surface area contributed by atoms with Gasteiger partial charge in [0, 0.05) is 11.3 Å². The first-order chi connectivity index (χ1) is 10.0. The van der Waals surface area contributed by atoms with E-state index in [0.29, 0.717) is 22.6 Å². The molecule has 0 aliphatic carbocycles. The molecule has 0 saturated carbocycles. The second-order valence-corrected chi connectivity index (χ2v) is 4.93. The van der Waals surface area contributed by atoms with E-state index in [9.17, 15) is 10.1 Å². The SMILES string of the molecule is Cc1cc2c(nc(N)n2-c2ccccc2)c(C)c1[N+](=O)[O-]. The van der Waals surface area contributed by atoms with E-state index in [2.05, 4.69) is 4.98 Å². The molecule has 2 N–H and O–H groups in total. The molecule has 0 aliphatic heterocycles. The Morgan fingerprint density at radius 2 is 1.90 bits per heavy atom. The van der Waals surface area contributed by atoms with Crippen molar-refractivity contribution < 1.29 is 4.92 Å². The Kier molecular flexibility index (Phi) is 2.86. The summed E-state index contributed by atoms with van der Waals surface area (Å²) in [7, 11) is 0. The molecule has 0 fully saturated rings. The van der Waals surface area contributed by atoms with E-state index in [1.54, 1.807) is 24.5 Å². The van der Waals surface area contributed by atoms with Crippen LogP contribution >= 0.6 is 0 Å². The second kappa shape index (κ2) is 4.59. The van der Waals surface area contributed by atoms with Crippen LogP contribution in [0.3, 0.4) is 0 Å². The van der Waals surface area contributed by atoms with E-state index in [1.807, 2.05) is 30.3 Å². The fourth-order valence-electron chi connectivity index (χ4n) is 2.67. The normalized spacial score (nSPS) is 11.0. The van der Waals surface area contributed by atoms with Gasteiger partial charge in [0.05, 0.1) is 16.0 Å². The summed E-state index contributed by atoms with van der Waals surface area (Å²) in [4.78, 5) is 15.1. The standard InChI is InChI=1S/C15H14N4O2/c1-9-8-12-13(10(2)14(9)19(20)21)17-15(16)18(12)11-6-4-3-5-7-11/h3-8H,1-2H3,(H2,16,17). The third kappa shape index (κ3) is 1.92. The lowest BCUT2D eigenvalue weighted by atomic mass is 10.1. The maximum absolute atomic E-state index is 11.2. The number of nitrogens with two attached hydrogens (primary N) is 1.